The number of benzene rings is 2. The first-order chi connectivity index (χ1) is 16.0. The van der Waals surface area contributed by atoms with E-state index < -0.39 is 11.9 Å². The molecule has 2 aliphatic rings. The molecule has 0 spiro atoms. The lowest BCUT2D eigenvalue weighted by molar-refractivity contribution is -0.136. The summed E-state index contributed by atoms with van der Waals surface area (Å²) in [4.78, 5) is 42.7. The second-order valence-electron chi connectivity index (χ2n) is 8.07. The minimum absolute atomic E-state index is 0.215. The highest BCUT2D eigenvalue weighted by atomic mass is 127. The zero-order valence-corrected chi connectivity index (χ0v) is 19.8. The molecule has 2 aromatic carbocycles. The van der Waals surface area contributed by atoms with Gasteiger partial charge < -0.3 is 14.2 Å². The van der Waals surface area contributed by atoms with Crippen molar-refractivity contribution in [2.45, 2.75) is 36.1 Å². The van der Waals surface area contributed by atoms with Crippen LogP contribution in [0.3, 0.4) is 0 Å². The zero-order chi connectivity index (χ0) is 22.9. The van der Waals surface area contributed by atoms with Gasteiger partial charge in [0.1, 0.15) is 22.4 Å². The Morgan fingerprint density at radius 1 is 1.09 bits per heavy atom. The van der Waals surface area contributed by atoms with E-state index in [9.17, 15) is 14.4 Å². The third-order valence-corrected chi connectivity index (χ3v) is 7.12. The minimum atomic E-state index is -0.666. The lowest BCUT2D eigenvalue weighted by atomic mass is 10.0. The molecule has 33 heavy (non-hydrogen) atoms. The highest BCUT2D eigenvalue weighted by Crippen LogP contribution is 2.45. The van der Waals surface area contributed by atoms with Gasteiger partial charge >= 0.3 is 0 Å². The van der Waals surface area contributed by atoms with Crippen LogP contribution in [0.4, 0.5) is 0 Å². The normalized spacial score (nSPS) is 20.0. The number of carbonyl (C=O) groups is 3. The van der Waals surface area contributed by atoms with Gasteiger partial charge in [0.25, 0.3) is 5.91 Å². The number of rotatable bonds is 6. The fraction of sp³-hybridized carbons (Fsp3) is 0.250. The molecule has 3 amide bonds. The topological polar surface area (TPSA) is 93.5 Å². The van der Waals surface area contributed by atoms with Crippen LogP contribution in [-0.2, 0) is 22.7 Å². The minimum Gasteiger partial charge on any atom is -0.488 e. The number of hydrogen-bond donors (Lipinski definition) is 1. The van der Waals surface area contributed by atoms with Gasteiger partial charge in [0.15, 0.2) is 0 Å². The molecule has 0 aliphatic carbocycles. The SMILES string of the molecule is O=C1CCC(N2C(=O)c3cccc(OCc4ccc(Cn5ccnc5)cc4)c3C2I)C(=O)N1. The standard InChI is InChI=1S/C24H21IN4O4/c25-22-21-17(24(32)29(22)18-8-9-20(30)27-23(18)31)2-1-3-19(21)33-13-16-6-4-15(5-7-16)12-28-11-10-26-14-28/h1-7,10-11,14,18,22H,8-9,12-13H2,(H,27,30,31). The number of amides is 3. The largest absolute Gasteiger partial charge is 0.488 e. The van der Waals surface area contributed by atoms with Crippen molar-refractivity contribution in [2.24, 2.45) is 0 Å². The molecule has 9 heteroatoms. The molecule has 5 rings (SSSR count). The average Bonchev–Trinajstić information content (AvgIpc) is 3.41. The number of hydrogen-bond acceptors (Lipinski definition) is 5. The van der Waals surface area contributed by atoms with Gasteiger partial charge in [-0.1, -0.05) is 52.9 Å². The van der Waals surface area contributed by atoms with E-state index in [0.717, 1.165) is 23.2 Å². The quantitative estimate of drug-likeness (QED) is 0.218. The maximum atomic E-state index is 13.1. The number of carbonyl (C=O) groups excluding carboxylic acids is 3. The number of nitrogens with one attached hydrogen (secondary N) is 1. The Morgan fingerprint density at radius 2 is 1.88 bits per heavy atom. The van der Waals surface area contributed by atoms with E-state index in [-0.39, 0.29) is 22.3 Å². The number of aromatic nitrogens is 2. The predicted molar refractivity (Wildman–Crippen MR) is 128 cm³/mol. The number of piperidine rings is 1. The Bertz CT molecular complexity index is 1210. The molecule has 0 saturated carbocycles. The molecule has 168 valence electrons. The van der Waals surface area contributed by atoms with Crippen molar-refractivity contribution in [1.29, 1.82) is 0 Å². The van der Waals surface area contributed by atoms with Gasteiger partial charge in [-0.2, -0.15) is 0 Å². The van der Waals surface area contributed by atoms with Crippen LogP contribution in [0.25, 0.3) is 0 Å². The summed E-state index contributed by atoms with van der Waals surface area (Å²) in [6.45, 7) is 1.11. The van der Waals surface area contributed by atoms with E-state index in [1.165, 1.54) is 0 Å². The van der Waals surface area contributed by atoms with Gasteiger partial charge in [0, 0.05) is 36.5 Å². The summed E-state index contributed by atoms with van der Waals surface area (Å²) in [6.07, 6.45) is 6.01. The number of halogens is 1. The number of imidazole rings is 1. The van der Waals surface area contributed by atoms with E-state index in [1.54, 1.807) is 29.6 Å². The summed E-state index contributed by atoms with van der Waals surface area (Å²) in [5, 5.41) is 2.34. The van der Waals surface area contributed by atoms with Crippen molar-refractivity contribution in [3.8, 4) is 5.75 Å². The van der Waals surface area contributed by atoms with E-state index in [0.29, 0.717) is 24.3 Å². The molecule has 1 aromatic heterocycles. The van der Waals surface area contributed by atoms with Gasteiger partial charge in [-0.3, -0.25) is 19.7 Å². The van der Waals surface area contributed by atoms with Crippen LogP contribution in [0.5, 0.6) is 5.75 Å². The Morgan fingerprint density at radius 3 is 2.61 bits per heavy atom. The van der Waals surface area contributed by atoms with Gasteiger partial charge in [0.2, 0.25) is 11.8 Å². The van der Waals surface area contributed by atoms with Crippen molar-refractivity contribution in [3.63, 3.8) is 0 Å². The molecule has 8 nitrogen and oxygen atoms in total. The molecule has 0 bridgehead atoms. The molecule has 2 atom stereocenters. The van der Waals surface area contributed by atoms with Crippen LogP contribution in [-0.4, -0.2) is 38.2 Å². The van der Waals surface area contributed by atoms with Gasteiger partial charge in [0.05, 0.1) is 6.33 Å². The predicted octanol–water partition coefficient (Wildman–Crippen LogP) is 3.21. The lowest BCUT2D eigenvalue weighted by Gasteiger charge is -2.32. The van der Waals surface area contributed by atoms with E-state index in [1.807, 2.05) is 29.0 Å². The highest BCUT2D eigenvalue weighted by Gasteiger charge is 2.45. The van der Waals surface area contributed by atoms with Crippen LogP contribution < -0.4 is 10.1 Å². The van der Waals surface area contributed by atoms with Crippen LogP contribution in [0.2, 0.25) is 0 Å². The molecule has 1 fully saturated rings. The lowest BCUT2D eigenvalue weighted by Crippen LogP contribution is -2.52. The smallest absolute Gasteiger partial charge is 0.256 e. The number of alkyl halides is 1. The number of fused-ring (bicyclic) bond motifs is 1. The van der Waals surface area contributed by atoms with Crippen molar-refractivity contribution in [3.05, 3.63) is 83.4 Å². The number of imide groups is 1. The second-order valence-corrected chi connectivity index (χ2v) is 9.25. The van der Waals surface area contributed by atoms with Gasteiger partial charge in [-0.15, -0.1) is 0 Å². The first-order valence-electron chi connectivity index (χ1n) is 10.6. The average molecular weight is 556 g/mol. The van der Waals surface area contributed by atoms with Crippen LogP contribution in [0.15, 0.2) is 61.2 Å². The first-order valence-corrected chi connectivity index (χ1v) is 11.9. The molecule has 1 N–H and O–H groups in total. The van der Waals surface area contributed by atoms with Crippen LogP contribution in [0, 0.1) is 0 Å². The first kappa shape index (κ1) is 21.6. The van der Waals surface area contributed by atoms with E-state index >= 15 is 0 Å². The Hall–Kier alpha value is -3.21. The summed E-state index contributed by atoms with van der Waals surface area (Å²) in [7, 11) is 0. The monoisotopic (exact) mass is 556 g/mol. The molecule has 3 aromatic rings. The van der Waals surface area contributed by atoms with E-state index in [2.05, 4.69) is 45.0 Å². The summed E-state index contributed by atoms with van der Waals surface area (Å²) in [5.74, 6) is -0.316. The van der Waals surface area contributed by atoms with Gasteiger partial charge in [-0.05, 0) is 29.7 Å². The molecule has 2 unspecified atom stereocenters. The van der Waals surface area contributed by atoms with Crippen molar-refractivity contribution < 1.29 is 19.1 Å². The third-order valence-electron chi connectivity index (χ3n) is 5.90. The zero-order valence-electron chi connectivity index (χ0n) is 17.6. The molecule has 2 aliphatic heterocycles. The van der Waals surface area contributed by atoms with Crippen molar-refractivity contribution >= 4 is 40.3 Å². The molecule has 1 saturated heterocycles. The van der Waals surface area contributed by atoms with E-state index in [4.69, 9.17) is 4.74 Å². The summed E-state index contributed by atoms with van der Waals surface area (Å²) in [5.41, 5.74) is 3.48. The molecular formula is C24H21IN4O4. The fourth-order valence-corrected chi connectivity index (χ4v) is 5.51. The molecular weight excluding hydrogens is 535 g/mol. The fourth-order valence-electron chi connectivity index (χ4n) is 4.22. The summed E-state index contributed by atoms with van der Waals surface area (Å²) in [6, 6.07) is 12.9. The third kappa shape index (κ3) is 4.24. The Kier molecular flexibility index (Phi) is 5.88. The van der Waals surface area contributed by atoms with Gasteiger partial charge in [-0.25, -0.2) is 4.98 Å². The Labute approximate surface area is 204 Å². The number of ether oxygens (including phenoxy) is 1. The van der Waals surface area contributed by atoms with Crippen LogP contribution >= 0.6 is 22.6 Å². The summed E-state index contributed by atoms with van der Waals surface area (Å²) < 4.78 is 7.77. The maximum Gasteiger partial charge on any atom is 0.256 e. The van der Waals surface area contributed by atoms with Crippen LogP contribution in [0.1, 0.15) is 43.9 Å². The molecule has 3 heterocycles. The highest BCUT2D eigenvalue weighted by molar-refractivity contribution is 14.1. The maximum absolute atomic E-state index is 13.1. The number of nitrogens with zero attached hydrogens (tertiary/aromatic N) is 3. The summed E-state index contributed by atoms with van der Waals surface area (Å²) >= 11 is 2.17. The Balaban J connectivity index is 1.30. The molecule has 0 radical (unpaired) electrons. The van der Waals surface area contributed by atoms with Crippen molar-refractivity contribution in [1.82, 2.24) is 19.8 Å². The second kappa shape index (κ2) is 8.97. The van der Waals surface area contributed by atoms with Crippen molar-refractivity contribution in [2.75, 3.05) is 0 Å².